The van der Waals surface area contributed by atoms with Crippen LogP contribution in [0, 0.1) is 0 Å². The van der Waals surface area contributed by atoms with Crippen LogP contribution in [0.4, 0.5) is 0 Å². The van der Waals surface area contributed by atoms with Gasteiger partial charge in [0, 0.05) is 29.5 Å². The maximum atomic E-state index is 6.25. The Morgan fingerprint density at radius 1 is 1.13 bits per heavy atom. The quantitative estimate of drug-likeness (QED) is 0.634. The second kappa shape index (κ2) is 7.34. The molecule has 0 amide bonds. The highest BCUT2D eigenvalue weighted by atomic mass is 35.5. The highest BCUT2D eigenvalue weighted by molar-refractivity contribution is 6.30. The second-order valence-electron chi connectivity index (χ2n) is 5.38. The Kier molecular flexibility index (Phi) is 4.99. The molecular formula is C19H19ClN2O. The molecule has 0 saturated carbocycles. The fraction of sp³-hybridized carbons (Fsp3) is 0.211. The van der Waals surface area contributed by atoms with Crippen molar-refractivity contribution in [2.45, 2.75) is 19.9 Å². The van der Waals surface area contributed by atoms with Gasteiger partial charge in [-0.1, -0.05) is 42.8 Å². The molecule has 118 valence electrons. The average molecular weight is 327 g/mol. The van der Waals surface area contributed by atoms with Crippen molar-refractivity contribution in [3.05, 3.63) is 71.8 Å². The van der Waals surface area contributed by atoms with Crippen LogP contribution in [0.25, 0.3) is 11.1 Å². The van der Waals surface area contributed by atoms with Crippen molar-refractivity contribution in [1.29, 1.82) is 0 Å². The number of rotatable bonds is 6. The molecule has 0 bridgehead atoms. The van der Waals surface area contributed by atoms with Crippen LogP contribution < -0.4 is 4.74 Å². The van der Waals surface area contributed by atoms with E-state index in [2.05, 4.69) is 24.0 Å². The van der Waals surface area contributed by atoms with E-state index in [0.29, 0.717) is 6.61 Å². The van der Waals surface area contributed by atoms with Gasteiger partial charge in [0.15, 0.2) is 0 Å². The number of halogens is 1. The van der Waals surface area contributed by atoms with E-state index in [9.17, 15) is 0 Å². The molecule has 23 heavy (non-hydrogen) atoms. The van der Waals surface area contributed by atoms with Gasteiger partial charge in [-0.3, -0.25) is 0 Å². The molecule has 0 aliphatic heterocycles. The number of ether oxygens (including phenoxy) is 1. The second-order valence-corrected chi connectivity index (χ2v) is 5.82. The zero-order valence-corrected chi connectivity index (χ0v) is 13.8. The Labute approximate surface area is 141 Å². The number of imidazole rings is 1. The lowest BCUT2D eigenvalue weighted by Gasteiger charge is -2.15. The number of benzene rings is 2. The molecule has 3 nitrogen and oxygen atoms in total. The predicted molar refractivity (Wildman–Crippen MR) is 94.0 cm³/mol. The van der Waals surface area contributed by atoms with Crippen molar-refractivity contribution >= 4 is 11.6 Å². The summed E-state index contributed by atoms with van der Waals surface area (Å²) in [5.74, 6) is 0.892. The molecular weight excluding hydrogens is 308 g/mol. The largest absolute Gasteiger partial charge is 0.493 e. The minimum absolute atomic E-state index is 0.703. The summed E-state index contributed by atoms with van der Waals surface area (Å²) >= 11 is 6.25. The lowest BCUT2D eigenvalue weighted by molar-refractivity contribution is 0.318. The van der Waals surface area contributed by atoms with Crippen LogP contribution in [-0.4, -0.2) is 16.2 Å². The number of nitrogens with zero attached hydrogens (tertiary/aromatic N) is 2. The first kappa shape index (κ1) is 15.6. The number of para-hydroxylation sites is 1. The summed E-state index contributed by atoms with van der Waals surface area (Å²) in [7, 11) is 0. The van der Waals surface area contributed by atoms with Gasteiger partial charge in [0.05, 0.1) is 12.9 Å². The van der Waals surface area contributed by atoms with Gasteiger partial charge in [-0.05, 0) is 35.7 Å². The molecule has 0 radical (unpaired) electrons. The highest BCUT2D eigenvalue weighted by Gasteiger charge is 2.11. The molecule has 0 atom stereocenters. The molecule has 3 aromatic rings. The van der Waals surface area contributed by atoms with Crippen LogP contribution >= 0.6 is 11.6 Å². The Morgan fingerprint density at radius 2 is 2.00 bits per heavy atom. The lowest BCUT2D eigenvalue weighted by Crippen LogP contribution is -2.01. The van der Waals surface area contributed by atoms with Crippen molar-refractivity contribution in [3.8, 4) is 16.9 Å². The Hall–Kier alpha value is -2.26. The molecule has 0 N–H and O–H groups in total. The van der Waals surface area contributed by atoms with E-state index < -0.39 is 0 Å². The van der Waals surface area contributed by atoms with Gasteiger partial charge in [0.2, 0.25) is 0 Å². The van der Waals surface area contributed by atoms with Crippen LogP contribution in [0.2, 0.25) is 5.02 Å². The molecule has 1 heterocycles. The minimum atomic E-state index is 0.703. The third kappa shape index (κ3) is 3.74. The normalized spacial score (nSPS) is 10.7. The minimum Gasteiger partial charge on any atom is -0.493 e. The Balaban J connectivity index is 2.03. The molecule has 1 aromatic heterocycles. The van der Waals surface area contributed by atoms with Crippen LogP contribution in [-0.2, 0) is 6.54 Å². The molecule has 0 aliphatic carbocycles. The summed E-state index contributed by atoms with van der Waals surface area (Å²) in [6.07, 6.45) is 6.54. The summed E-state index contributed by atoms with van der Waals surface area (Å²) in [6, 6.07) is 14.1. The lowest BCUT2D eigenvalue weighted by atomic mass is 9.98. The van der Waals surface area contributed by atoms with Gasteiger partial charge in [-0.15, -0.1) is 0 Å². The predicted octanol–water partition coefficient (Wildman–Crippen LogP) is 5.04. The van der Waals surface area contributed by atoms with E-state index in [4.69, 9.17) is 16.3 Å². The fourth-order valence-corrected chi connectivity index (χ4v) is 2.71. The van der Waals surface area contributed by atoms with E-state index in [1.165, 1.54) is 5.56 Å². The van der Waals surface area contributed by atoms with E-state index in [-0.39, 0.29) is 0 Å². The van der Waals surface area contributed by atoms with Crippen LogP contribution in [0.1, 0.15) is 18.9 Å². The average Bonchev–Trinajstić information content (AvgIpc) is 3.08. The summed E-state index contributed by atoms with van der Waals surface area (Å²) in [5.41, 5.74) is 3.34. The van der Waals surface area contributed by atoms with Crippen molar-refractivity contribution < 1.29 is 4.74 Å². The summed E-state index contributed by atoms with van der Waals surface area (Å²) < 4.78 is 7.95. The summed E-state index contributed by atoms with van der Waals surface area (Å²) in [5, 5.41) is 0.722. The fourth-order valence-electron chi connectivity index (χ4n) is 2.54. The van der Waals surface area contributed by atoms with Crippen molar-refractivity contribution in [2.24, 2.45) is 0 Å². The Bertz CT molecular complexity index is 769. The molecule has 0 fully saturated rings. The van der Waals surface area contributed by atoms with Gasteiger partial charge in [-0.2, -0.15) is 0 Å². The third-order valence-corrected chi connectivity index (χ3v) is 3.86. The highest BCUT2D eigenvalue weighted by Crippen LogP contribution is 2.34. The summed E-state index contributed by atoms with van der Waals surface area (Å²) in [6.45, 7) is 3.55. The first-order chi connectivity index (χ1) is 11.3. The first-order valence-electron chi connectivity index (χ1n) is 7.74. The van der Waals surface area contributed by atoms with Gasteiger partial charge in [-0.25, -0.2) is 4.98 Å². The van der Waals surface area contributed by atoms with E-state index >= 15 is 0 Å². The van der Waals surface area contributed by atoms with Crippen molar-refractivity contribution in [2.75, 3.05) is 6.61 Å². The SMILES string of the molecule is CCCOc1ccccc1-c1cc(Cl)ccc1Cn1ccnc1. The van der Waals surface area contributed by atoms with Gasteiger partial charge >= 0.3 is 0 Å². The van der Waals surface area contributed by atoms with Crippen LogP contribution in [0.3, 0.4) is 0 Å². The first-order valence-corrected chi connectivity index (χ1v) is 8.12. The maximum Gasteiger partial charge on any atom is 0.127 e. The zero-order valence-electron chi connectivity index (χ0n) is 13.1. The number of hydrogen-bond donors (Lipinski definition) is 0. The van der Waals surface area contributed by atoms with E-state index in [1.807, 2.05) is 47.4 Å². The Morgan fingerprint density at radius 3 is 2.78 bits per heavy atom. The molecule has 0 unspecified atom stereocenters. The monoisotopic (exact) mass is 326 g/mol. The standard InChI is InChI=1S/C19H19ClN2O/c1-2-11-23-19-6-4-3-5-17(19)18-12-16(20)8-7-15(18)13-22-10-9-21-14-22/h3-10,12,14H,2,11,13H2,1H3. The number of aromatic nitrogens is 2. The van der Waals surface area contributed by atoms with Crippen molar-refractivity contribution in [1.82, 2.24) is 9.55 Å². The molecule has 0 aliphatic rings. The molecule has 0 saturated heterocycles. The van der Waals surface area contributed by atoms with Crippen molar-refractivity contribution in [3.63, 3.8) is 0 Å². The third-order valence-electron chi connectivity index (χ3n) is 3.62. The molecule has 3 rings (SSSR count). The van der Waals surface area contributed by atoms with Gasteiger partial charge in [0.25, 0.3) is 0 Å². The summed E-state index contributed by atoms with van der Waals surface area (Å²) in [4.78, 5) is 4.11. The van der Waals surface area contributed by atoms with E-state index in [1.54, 1.807) is 6.20 Å². The molecule has 4 heteroatoms. The maximum absolute atomic E-state index is 6.25. The van der Waals surface area contributed by atoms with Gasteiger partial charge < -0.3 is 9.30 Å². The van der Waals surface area contributed by atoms with E-state index in [0.717, 1.165) is 34.9 Å². The number of hydrogen-bond acceptors (Lipinski definition) is 2. The van der Waals surface area contributed by atoms with Crippen LogP contribution in [0.5, 0.6) is 5.75 Å². The van der Waals surface area contributed by atoms with Gasteiger partial charge in [0.1, 0.15) is 5.75 Å². The topological polar surface area (TPSA) is 27.1 Å². The van der Waals surface area contributed by atoms with Crippen LogP contribution in [0.15, 0.2) is 61.2 Å². The zero-order chi connectivity index (χ0) is 16.1. The smallest absolute Gasteiger partial charge is 0.127 e. The molecule has 0 spiro atoms. The molecule has 2 aromatic carbocycles.